The molecule has 1 rings (SSSR count). The Balaban J connectivity index is 2.23. The molecular weight excluding hydrogens is 154 g/mol. The van der Waals surface area contributed by atoms with Crippen molar-refractivity contribution < 1.29 is 9.90 Å². The first-order chi connectivity index (χ1) is 5.59. The number of aliphatic hydroxyl groups is 1. The summed E-state index contributed by atoms with van der Waals surface area (Å²) in [4.78, 5) is 12.8. The second kappa shape index (κ2) is 4.01. The van der Waals surface area contributed by atoms with Crippen LogP contribution in [0.5, 0.6) is 0 Å². The maximum absolute atomic E-state index is 10.7. The van der Waals surface area contributed by atoms with Gasteiger partial charge in [-0.2, -0.15) is 0 Å². The van der Waals surface area contributed by atoms with Crippen LogP contribution in [0.4, 0.5) is 0 Å². The molecule has 1 aliphatic heterocycles. The van der Waals surface area contributed by atoms with Crippen molar-refractivity contribution in [3.8, 4) is 0 Å². The molecule has 1 N–H and O–H groups in total. The Kier molecular flexibility index (Phi) is 3.23. The summed E-state index contributed by atoms with van der Waals surface area (Å²) in [7, 11) is 0. The Morgan fingerprint density at radius 3 is 2.67 bits per heavy atom. The van der Waals surface area contributed by atoms with E-state index in [-0.39, 0.29) is 11.9 Å². The van der Waals surface area contributed by atoms with Crippen LogP contribution in [-0.4, -0.2) is 41.5 Å². The van der Waals surface area contributed by atoms with Crippen molar-refractivity contribution in [2.24, 2.45) is 5.92 Å². The fourth-order valence-corrected chi connectivity index (χ4v) is 1.55. The van der Waals surface area contributed by atoms with Gasteiger partial charge in [-0.3, -0.25) is 9.69 Å². The van der Waals surface area contributed by atoms with E-state index in [0.717, 1.165) is 19.6 Å². The maximum Gasteiger partial charge on any atom is 0.131 e. The first-order valence-corrected chi connectivity index (χ1v) is 4.49. The lowest BCUT2D eigenvalue weighted by Gasteiger charge is -2.12. The van der Waals surface area contributed by atoms with Gasteiger partial charge in [0.1, 0.15) is 5.78 Å². The SMILES string of the molecule is CC(=O)CCN1CC(C)C(O)C1. The van der Waals surface area contributed by atoms with Gasteiger partial charge in [-0.15, -0.1) is 0 Å². The molecule has 3 heteroatoms. The fraction of sp³-hybridized carbons (Fsp3) is 0.889. The lowest BCUT2D eigenvalue weighted by atomic mass is 10.1. The van der Waals surface area contributed by atoms with Crippen LogP contribution in [-0.2, 0) is 4.79 Å². The smallest absolute Gasteiger partial charge is 0.131 e. The van der Waals surface area contributed by atoms with Crippen LogP contribution in [0.1, 0.15) is 20.3 Å². The molecule has 2 atom stereocenters. The minimum Gasteiger partial charge on any atom is -0.391 e. The van der Waals surface area contributed by atoms with E-state index in [1.165, 1.54) is 0 Å². The lowest BCUT2D eigenvalue weighted by molar-refractivity contribution is -0.117. The van der Waals surface area contributed by atoms with Gasteiger partial charge in [0.05, 0.1) is 6.10 Å². The highest BCUT2D eigenvalue weighted by Crippen LogP contribution is 2.15. The zero-order valence-corrected chi connectivity index (χ0v) is 7.79. The van der Waals surface area contributed by atoms with Crippen molar-refractivity contribution in [3.63, 3.8) is 0 Å². The molecule has 70 valence electrons. The average Bonchev–Trinajstić information content (AvgIpc) is 2.28. The number of rotatable bonds is 3. The van der Waals surface area contributed by atoms with Gasteiger partial charge in [-0.1, -0.05) is 6.92 Å². The molecule has 1 fully saturated rings. The molecular formula is C9H17NO2. The van der Waals surface area contributed by atoms with Gasteiger partial charge in [0, 0.05) is 26.1 Å². The molecule has 12 heavy (non-hydrogen) atoms. The van der Waals surface area contributed by atoms with Gasteiger partial charge in [-0.05, 0) is 12.8 Å². The highest BCUT2D eigenvalue weighted by Gasteiger charge is 2.27. The van der Waals surface area contributed by atoms with E-state index in [0.29, 0.717) is 12.3 Å². The summed E-state index contributed by atoms with van der Waals surface area (Å²) in [6.45, 7) is 6.11. The van der Waals surface area contributed by atoms with Crippen LogP contribution in [0.25, 0.3) is 0 Å². The summed E-state index contributed by atoms with van der Waals surface area (Å²) >= 11 is 0. The molecule has 0 spiro atoms. The fourth-order valence-electron chi connectivity index (χ4n) is 1.55. The van der Waals surface area contributed by atoms with Crippen LogP contribution in [0.3, 0.4) is 0 Å². The first-order valence-electron chi connectivity index (χ1n) is 4.49. The van der Waals surface area contributed by atoms with E-state index in [1.54, 1.807) is 6.92 Å². The summed E-state index contributed by atoms with van der Waals surface area (Å²) in [5.74, 6) is 0.584. The lowest BCUT2D eigenvalue weighted by Crippen LogP contribution is -2.24. The predicted octanol–water partition coefficient (Wildman–Crippen LogP) is 0.278. The molecule has 1 heterocycles. The minimum absolute atomic E-state index is 0.197. The van der Waals surface area contributed by atoms with E-state index in [2.05, 4.69) is 4.90 Å². The summed E-state index contributed by atoms with van der Waals surface area (Å²) < 4.78 is 0. The molecule has 0 aromatic rings. The number of carbonyl (C=O) groups is 1. The normalized spacial score (nSPS) is 30.9. The van der Waals surface area contributed by atoms with Crippen molar-refractivity contribution in [2.75, 3.05) is 19.6 Å². The third-order valence-corrected chi connectivity index (χ3v) is 2.43. The Morgan fingerprint density at radius 2 is 2.25 bits per heavy atom. The Bertz CT molecular complexity index is 160. The second-order valence-corrected chi connectivity index (χ2v) is 3.76. The van der Waals surface area contributed by atoms with E-state index in [9.17, 15) is 9.90 Å². The third-order valence-electron chi connectivity index (χ3n) is 2.43. The van der Waals surface area contributed by atoms with E-state index in [4.69, 9.17) is 0 Å². The van der Waals surface area contributed by atoms with Crippen molar-refractivity contribution in [2.45, 2.75) is 26.4 Å². The highest BCUT2D eigenvalue weighted by molar-refractivity contribution is 5.75. The van der Waals surface area contributed by atoms with Gasteiger partial charge in [0.25, 0.3) is 0 Å². The molecule has 3 nitrogen and oxygen atoms in total. The maximum atomic E-state index is 10.7. The van der Waals surface area contributed by atoms with Gasteiger partial charge in [-0.25, -0.2) is 0 Å². The molecule has 0 aromatic heterocycles. The predicted molar refractivity (Wildman–Crippen MR) is 46.9 cm³/mol. The third kappa shape index (κ3) is 2.57. The number of aliphatic hydroxyl groups excluding tert-OH is 1. The number of nitrogens with zero attached hydrogens (tertiary/aromatic N) is 1. The summed E-state index contributed by atoms with van der Waals surface area (Å²) in [5, 5.41) is 9.41. The average molecular weight is 171 g/mol. The number of β-amino-alcohol motifs (C(OH)–C–C–N with tert-alkyl or cyclic N) is 1. The molecule has 0 bridgehead atoms. The molecule has 0 aromatic carbocycles. The largest absolute Gasteiger partial charge is 0.391 e. The van der Waals surface area contributed by atoms with Crippen LogP contribution in [0.15, 0.2) is 0 Å². The zero-order valence-electron chi connectivity index (χ0n) is 7.79. The van der Waals surface area contributed by atoms with Gasteiger partial charge in [0.2, 0.25) is 0 Å². The molecule has 2 unspecified atom stereocenters. The number of hydrogen-bond donors (Lipinski definition) is 1. The monoisotopic (exact) mass is 171 g/mol. The standard InChI is InChI=1S/C9H17NO2/c1-7-5-10(6-9(7)12)4-3-8(2)11/h7,9,12H,3-6H2,1-2H3. The highest BCUT2D eigenvalue weighted by atomic mass is 16.3. The summed E-state index contributed by atoms with van der Waals surface area (Å²) in [6.07, 6.45) is 0.413. The van der Waals surface area contributed by atoms with Crippen LogP contribution < -0.4 is 0 Å². The van der Waals surface area contributed by atoms with Crippen molar-refractivity contribution in [1.82, 2.24) is 4.90 Å². The Labute approximate surface area is 73.4 Å². The van der Waals surface area contributed by atoms with Gasteiger partial charge in [0.15, 0.2) is 0 Å². The van der Waals surface area contributed by atoms with Crippen LogP contribution in [0.2, 0.25) is 0 Å². The van der Waals surface area contributed by atoms with Crippen molar-refractivity contribution >= 4 is 5.78 Å². The number of Topliss-reactive ketones (excluding diaryl/α,β-unsaturated/α-hetero) is 1. The quantitative estimate of drug-likeness (QED) is 0.663. The van der Waals surface area contributed by atoms with Crippen molar-refractivity contribution in [3.05, 3.63) is 0 Å². The summed E-state index contributed by atoms with van der Waals surface area (Å²) in [6, 6.07) is 0. The number of hydrogen-bond acceptors (Lipinski definition) is 3. The van der Waals surface area contributed by atoms with Gasteiger partial charge >= 0.3 is 0 Å². The van der Waals surface area contributed by atoms with Crippen LogP contribution >= 0.6 is 0 Å². The molecule has 1 saturated heterocycles. The van der Waals surface area contributed by atoms with E-state index < -0.39 is 0 Å². The van der Waals surface area contributed by atoms with Crippen molar-refractivity contribution in [1.29, 1.82) is 0 Å². The number of likely N-dealkylation sites (tertiary alicyclic amines) is 1. The molecule has 1 aliphatic rings. The molecule has 0 amide bonds. The Hall–Kier alpha value is -0.410. The molecule has 0 radical (unpaired) electrons. The van der Waals surface area contributed by atoms with E-state index in [1.807, 2.05) is 6.92 Å². The zero-order chi connectivity index (χ0) is 9.14. The number of carbonyl (C=O) groups excluding carboxylic acids is 1. The first kappa shape index (κ1) is 9.68. The molecule has 0 saturated carbocycles. The second-order valence-electron chi connectivity index (χ2n) is 3.76. The summed E-state index contributed by atoms with van der Waals surface area (Å²) in [5.41, 5.74) is 0. The van der Waals surface area contributed by atoms with Gasteiger partial charge < -0.3 is 5.11 Å². The van der Waals surface area contributed by atoms with E-state index >= 15 is 0 Å². The Morgan fingerprint density at radius 1 is 1.58 bits per heavy atom. The topological polar surface area (TPSA) is 40.5 Å². The van der Waals surface area contributed by atoms with Crippen LogP contribution in [0, 0.1) is 5.92 Å². The number of ketones is 1. The molecule has 0 aliphatic carbocycles. The minimum atomic E-state index is -0.197.